The van der Waals surface area contributed by atoms with Gasteiger partial charge in [-0.05, 0) is 36.2 Å². The smallest absolute Gasteiger partial charge is 0.225 e. The van der Waals surface area contributed by atoms with Gasteiger partial charge in [0.25, 0.3) is 0 Å². The molecule has 0 atom stereocenters. The van der Waals surface area contributed by atoms with Gasteiger partial charge < -0.3 is 0 Å². The van der Waals surface area contributed by atoms with E-state index in [1.807, 2.05) is 19.1 Å². The molecular weight excluding hydrogens is 357 g/mol. The number of nitrogens with one attached hydrogen (secondary N) is 1. The molecule has 0 spiro atoms. The Bertz CT molecular complexity index is 1070. The second kappa shape index (κ2) is 5.30. The lowest BCUT2D eigenvalue weighted by molar-refractivity contribution is 1.12. The van der Waals surface area contributed by atoms with Crippen LogP contribution in [0.5, 0.6) is 0 Å². The van der Waals surface area contributed by atoms with Gasteiger partial charge in [0, 0.05) is 10.9 Å². The second-order valence-electron chi connectivity index (χ2n) is 5.06. The normalized spacial score (nSPS) is 11.5. The lowest BCUT2D eigenvalue weighted by Gasteiger charge is -2.10. The van der Waals surface area contributed by atoms with Gasteiger partial charge in [-0.3, -0.25) is 5.10 Å². The Hall–Kier alpha value is -1.95. The van der Waals surface area contributed by atoms with E-state index in [-0.39, 0.29) is 10.4 Å². The Labute approximate surface area is 145 Å². The second-order valence-corrected chi connectivity index (χ2v) is 6.17. The molecule has 3 aromatic heterocycles. The van der Waals surface area contributed by atoms with Crippen LogP contribution >= 0.6 is 34.8 Å². The number of hydrogen-bond acceptors (Lipinski definition) is 4. The highest BCUT2D eigenvalue weighted by Gasteiger charge is 2.17. The van der Waals surface area contributed by atoms with Crippen LogP contribution in [0, 0.1) is 6.92 Å². The van der Waals surface area contributed by atoms with E-state index in [1.54, 1.807) is 12.3 Å². The van der Waals surface area contributed by atoms with Crippen molar-refractivity contribution in [3.05, 3.63) is 45.4 Å². The minimum atomic E-state index is 0.0431. The number of halogens is 3. The van der Waals surface area contributed by atoms with Crippen LogP contribution in [0.2, 0.25) is 15.5 Å². The van der Waals surface area contributed by atoms with Gasteiger partial charge in [-0.2, -0.15) is 10.1 Å². The zero-order valence-corrected chi connectivity index (χ0v) is 14.0. The quantitative estimate of drug-likeness (QED) is 0.388. The molecule has 0 aliphatic heterocycles. The van der Waals surface area contributed by atoms with Crippen LogP contribution in [0.15, 0.2) is 24.4 Å². The fourth-order valence-corrected chi connectivity index (χ4v) is 3.26. The monoisotopic (exact) mass is 363 g/mol. The van der Waals surface area contributed by atoms with Crippen LogP contribution in [0.25, 0.3) is 33.2 Å². The van der Waals surface area contributed by atoms with Crippen molar-refractivity contribution in [1.82, 2.24) is 25.1 Å². The summed E-state index contributed by atoms with van der Waals surface area (Å²) in [5.74, 6) is 0. The van der Waals surface area contributed by atoms with Gasteiger partial charge in [-0.1, -0.05) is 29.3 Å². The molecule has 114 valence electrons. The van der Waals surface area contributed by atoms with Crippen LogP contribution in [-0.2, 0) is 0 Å². The lowest BCUT2D eigenvalue weighted by Crippen LogP contribution is -1.95. The molecule has 0 aliphatic rings. The van der Waals surface area contributed by atoms with Crippen molar-refractivity contribution >= 4 is 56.7 Å². The van der Waals surface area contributed by atoms with E-state index < -0.39 is 0 Å². The number of fused-ring (bicyclic) bond motifs is 2. The van der Waals surface area contributed by atoms with Crippen molar-refractivity contribution in [3.8, 4) is 11.3 Å². The van der Waals surface area contributed by atoms with Crippen molar-refractivity contribution in [1.29, 1.82) is 0 Å². The molecule has 0 unspecified atom stereocenters. The van der Waals surface area contributed by atoms with Crippen molar-refractivity contribution in [2.75, 3.05) is 0 Å². The number of rotatable bonds is 1. The van der Waals surface area contributed by atoms with Crippen LogP contribution < -0.4 is 0 Å². The lowest BCUT2D eigenvalue weighted by atomic mass is 10.0. The van der Waals surface area contributed by atoms with Gasteiger partial charge in [-0.15, -0.1) is 0 Å². The molecule has 8 heteroatoms. The molecular formula is C15H8Cl3N5. The molecule has 0 bridgehead atoms. The molecule has 0 fully saturated rings. The Morgan fingerprint density at radius 2 is 1.83 bits per heavy atom. The number of aromatic nitrogens is 5. The fourth-order valence-electron chi connectivity index (χ4n) is 2.59. The van der Waals surface area contributed by atoms with Crippen molar-refractivity contribution < 1.29 is 0 Å². The molecule has 4 rings (SSSR count). The summed E-state index contributed by atoms with van der Waals surface area (Å²) in [5.41, 5.74) is 3.83. The van der Waals surface area contributed by atoms with Crippen molar-refractivity contribution in [3.63, 3.8) is 0 Å². The maximum Gasteiger partial charge on any atom is 0.225 e. The largest absolute Gasteiger partial charge is 0.278 e. The average Bonchev–Trinajstić information content (AvgIpc) is 2.96. The van der Waals surface area contributed by atoms with E-state index in [0.29, 0.717) is 21.7 Å². The predicted octanol–water partition coefficient (Wildman–Crippen LogP) is 4.84. The van der Waals surface area contributed by atoms with Gasteiger partial charge in [0.15, 0.2) is 5.65 Å². The molecule has 1 aromatic carbocycles. The zero-order valence-electron chi connectivity index (χ0n) is 11.7. The molecule has 3 heterocycles. The van der Waals surface area contributed by atoms with E-state index in [9.17, 15) is 0 Å². The number of hydrogen-bond donors (Lipinski definition) is 1. The molecule has 0 amide bonds. The van der Waals surface area contributed by atoms with Crippen LogP contribution in [-0.4, -0.2) is 25.1 Å². The summed E-state index contributed by atoms with van der Waals surface area (Å²) in [5, 5.41) is 9.25. The summed E-state index contributed by atoms with van der Waals surface area (Å²) >= 11 is 18.4. The molecule has 0 saturated heterocycles. The van der Waals surface area contributed by atoms with Gasteiger partial charge in [0.2, 0.25) is 5.28 Å². The number of H-pyrrole nitrogens is 1. The first-order valence-electron chi connectivity index (χ1n) is 6.67. The van der Waals surface area contributed by atoms with E-state index in [2.05, 4.69) is 25.1 Å². The van der Waals surface area contributed by atoms with Gasteiger partial charge in [0.1, 0.15) is 5.15 Å². The Balaban J connectivity index is 2.10. The standard InChI is InChI=1S/C15H8Cl3N5/c1-6-2-3-10-8(5-19-23-10)11(6)12-9(16)4-7-13(17)21-15(18)22-14(7)20-12/h2-5H,1H3,(H,19,23). The highest BCUT2D eigenvalue weighted by Crippen LogP contribution is 2.36. The summed E-state index contributed by atoms with van der Waals surface area (Å²) in [6, 6.07) is 5.65. The minimum absolute atomic E-state index is 0.0431. The highest BCUT2D eigenvalue weighted by atomic mass is 35.5. The molecule has 1 N–H and O–H groups in total. The topological polar surface area (TPSA) is 67.3 Å². The minimum Gasteiger partial charge on any atom is -0.278 e. The van der Waals surface area contributed by atoms with Crippen molar-refractivity contribution in [2.24, 2.45) is 0 Å². The summed E-state index contributed by atoms with van der Waals surface area (Å²) in [6.45, 7) is 1.99. The molecule has 0 aliphatic carbocycles. The predicted molar refractivity (Wildman–Crippen MR) is 92.2 cm³/mol. The number of benzene rings is 1. The zero-order chi connectivity index (χ0) is 16.1. The first-order chi connectivity index (χ1) is 11.0. The van der Waals surface area contributed by atoms with E-state index in [1.165, 1.54) is 0 Å². The molecule has 4 aromatic rings. The number of nitrogens with zero attached hydrogens (tertiary/aromatic N) is 4. The molecule has 5 nitrogen and oxygen atoms in total. The number of aryl methyl sites for hydroxylation is 1. The Kier molecular flexibility index (Phi) is 3.37. The van der Waals surface area contributed by atoms with E-state index >= 15 is 0 Å². The third kappa shape index (κ3) is 2.32. The van der Waals surface area contributed by atoms with Crippen molar-refractivity contribution in [2.45, 2.75) is 6.92 Å². The van der Waals surface area contributed by atoms with Gasteiger partial charge in [0.05, 0.1) is 27.8 Å². The maximum atomic E-state index is 6.45. The summed E-state index contributed by atoms with van der Waals surface area (Å²) in [7, 11) is 0. The fraction of sp³-hybridized carbons (Fsp3) is 0.0667. The van der Waals surface area contributed by atoms with Crippen LogP contribution in [0.1, 0.15) is 5.56 Å². The third-order valence-corrected chi connectivity index (χ3v) is 4.38. The number of aromatic amines is 1. The summed E-state index contributed by atoms with van der Waals surface area (Å²) < 4.78 is 0. The third-order valence-electron chi connectivity index (χ3n) is 3.64. The highest BCUT2D eigenvalue weighted by molar-refractivity contribution is 6.37. The Morgan fingerprint density at radius 3 is 2.65 bits per heavy atom. The summed E-state index contributed by atoms with van der Waals surface area (Å²) in [6.07, 6.45) is 1.75. The molecule has 0 radical (unpaired) electrons. The summed E-state index contributed by atoms with van der Waals surface area (Å²) in [4.78, 5) is 12.6. The van der Waals surface area contributed by atoms with Crippen LogP contribution in [0.3, 0.4) is 0 Å². The molecule has 0 saturated carbocycles. The first-order valence-corrected chi connectivity index (χ1v) is 7.80. The maximum absolute atomic E-state index is 6.45. The Morgan fingerprint density at radius 1 is 1.00 bits per heavy atom. The van der Waals surface area contributed by atoms with Gasteiger partial charge in [-0.25, -0.2) is 9.97 Å². The van der Waals surface area contributed by atoms with E-state index in [4.69, 9.17) is 34.8 Å². The molecule has 23 heavy (non-hydrogen) atoms. The average molecular weight is 365 g/mol. The van der Waals surface area contributed by atoms with E-state index in [0.717, 1.165) is 22.0 Å². The van der Waals surface area contributed by atoms with Gasteiger partial charge >= 0.3 is 0 Å². The van der Waals surface area contributed by atoms with Crippen LogP contribution in [0.4, 0.5) is 0 Å². The SMILES string of the molecule is Cc1ccc2[nH]ncc2c1-c1nc2nc(Cl)nc(Cl)c2cc1Cl. The first kappa shape index (κ1) is 14.6. The number of pyridine rings is 1.